The zero-order valence-corrected chi connectivity index (χ0v) is 16.5. The molecule has 0 aliphatic heterocycles. The molecule has 0 aliphatic rings. The van der Waals surface area contributed by atoms with Gasteiger partial charge in [0.05, 0.1) is 0 Å². The van der Waals surface area contributed by atoms with E-state index < -0.39 is 5.60 Å². The van der Waals surface area contributed by atoms with Crippen LogP contribution in [0, 0.1) is 5.41 Å². The first kappa shape index (κ1) is 22.5. The summed E-state index contributed by atoms with van der Waals surface area (Å²) in [6, 6.07) is 6.70. The van der Waals surface area contributed by atoms with E-state index in [1.807, 2.05) is 20.8 Å². The molecular weight excluding hydrogens is 346 g/mol. The molecule has 7 heteroatoms. The van der Waals surface area contributed by atoms with E-state index in [9.17, 15) is 9.59 Å². The van der Waals surface area contributed by atoms with Crippen LogP contribution in [0.4, 0.5) is 0 Å². The van der Waals surface area contributed by atoms with E-state index in [0.29, 0.717) is 24.3 Å². The van der Waals surface area contributed by atoms with Crippen molar-refractivity contribution in [3.63, 3.8) is 0 Å². The summed E-state index contributed by atoms with van der Waals surface area (Å²) in [6.07, 6.45) is 3.94. The van der Waals surface area contributed by atoms with Gasteiger partial charge in [0.25, 0.3) is 5.91 Å². The van der Waals surface area contributed by atoms with E-state index >= 15 is 0 Å². The SMILES string of the molecule is CC(C)(C)OC(=O)CCCCCCNC(=O)COc1ccc(C(=N)N)cc1. The molecule has 0 fully saturated rings. The summed E-state index contributed by atoms with van der Waals surface area (Å²) >= 11 is 0. The summed E-state index contributed by atoms with van der Waals surface area (Å²) < 4.78 is 10.6. The van der Waals surface area contributed by atoms with Gasteiger partial charge in [-0.3, -0.25) is 15.0 Å². The van der Waals surface area contributed by atoms with Crippen LogP contribution in [-0.2, 0) is 14.3 Å². The third-order valence-corrected chi connectivity index (χ3v) is 3.59. The molecule has 0 atom stereocenters. The van der Waals surface area contributed by atoms with Gasteiger partial charge in [-0.2, -0.15) is 0 Å². The van der Waals surface area contributed by atoms with Gasteiger partial charge >= 0.3 is 5.97 Å². The molecule has 0 saturated carbocycles. The van der Waals surface area contributed by atoms with Crippen LogP contribution in [0.15, 0.2) is 24.3 Å². The number of carbonyl (C=O) groups is 2. The second kappa shape index (κ2) is 11.2. The van der Waals surface area contributed by atoms with E-state index in [2.05, 4.69) is 5.32 Å². The van der Waals surface area contributed by atoms with E-state index in [-0.39, 0.29) is 24.3 Å². The Morgan fingerprint density at radius 3 is 2.30 bits per heavy atom. The molecular formula is C20H31N3O4. The number of nitrogen functional groups attached to an aromatic ring is 1. The van der Waals surface area contributed by atoms with Crippen LogP contribution in [-0.4, -0.2) is 36.5 Å². The van der Waals surface area contributed by atoms with Crippen LogP contribution < -0.4 is 15.8 Å². The highest BCUT2D eigenvalue weighted by molar-refractivity contribution is 5.94. The van der Waals surface area contributed by atoms with Gasteiger partial charge in [0.1, 0.15) is 17.2 Å². The fourth-order valence-corrected chi connectivity index (χ4v) is 2.30. The standard InChI is InChI=1S/C20H31N3O4/c1-20(2,3)27-18(25)8-6-4-5-7-13-23-17(24)14-26-16-11-9-15(10-12-16)19(21)22/h9-12H,4-8,13-14H2,1-3H3,(H3,21,22)(H,23,24). The largest absolute Gasteiger partial charge is 0.484 e. The highest BCUT2D eigenvalue weighted by Gasteiger charge is 2.15. The van der Waals surface area contributed by atoms with Gasteiger partial charge in [0.2, 0.25) is 0 Å². The van der Waals surface area contributed by atoms with Crippen LogP contribution in [0.3, 0.4) is 0 Å². The second-order valence-electron chi connectivity index (χ2n) is 7.33. The van der Waals surface area contributed by atoms with E-state index in [1.165, 1.54) is 0 Å². The number of hydrogen-bond acceptors (Lipinski definition) is 5. The molecule has 1 amide bonds. The molecule has 1 aromatic rings. The molecule has 0 unspecified atom stereocenters. The number of rotatable bonds is 11. The highest BCUT2D eigenvalue weighted by Crippen LogP contribution is 2.12. The number of esters is 1. The zero-order chi connectivity index (χ0) is 20.3. The molecule has 0 aliphatic carbocycles. The first-order valence-corrected chi connectivity index (χ1v) is 9.23. The Bertz CT molecular complexity index is 621. The molecule has 7 nitrogen and oxygen atoms in total. The van der Waals surface area contributed by atoms with E-state index in [4.69, 9.17) is 20.6 Å². The number of benzene rings is 1. The van der Waals surface area contributed by atoms with Crippen molar-refractivity contribution < 1.29 is 19.1 Å². The fraction of sp³-hybridized carbons (Fsp3) is 0.550. The van der Waals surface area contributed by atoms with Crippen molar-refractivity contribution in [3.05, 3.63) is 29.8 Å². The monoisotopic (exact) mass is 377 g/mol. The average Bonchev–Trinajstić information content (AvgIpc) is 2.58. The van der Waals surface area contributed by atoms with Gasteiger partial charge in [-0.05, 0) is 57.9 Å². The molecule has 27 heavy (non-hydrogen) atoms. The second-order valence-corrected chi connectivity index (χ2v) is 7.33. The van der Waals surface area contributed by atoms with Gasteiger partial charge in [0, 0.05) is 18.5 Å². The maximum Gasteiger partial charge on any atom is 0.306 e. The lowest BCUT2D eigenvalue weighted by molar-refractivity contribution is -0.154. The molecule has 0 saturated heterocycles. The summed E-state index contributed by atoms with van der Waals surface area (Å²) in [7, 11) is 0. The van der Waals surface area contributed by atoms with E-state index in [1.54, 1.807) is 24.3 Å². The Morgan fingerprint density at radius 1 is 1.07 bits per heavy atom. The summed E-state index contributed by atoms with van der Waals surface area (Å²) in [5, 5.41) is 10.1. The lowest BCUT2D eigenvalue weighted by atomic mass is 10.1. The van der Waals surface area contributed by atoms with Crippen LogP contribution in [0.1, 0.15) is 58.4 Å². The van der Waals surface area contributed by atoms with E-state index in [0.717, 1.165) is 25.7 Å². The molecule has 0 radical (unpaired) electrons. The molecule has 1 aromatic carbocycles. The number of hydrogen-bond donors (Lipinski definition) is 3. The van der Waals surface area contributed by atoms with Crippen LogP contribution >= 0.6 is 0 Å². The Kier molecular flexibility index (Phi) is 9.33. The van der Waals surface area contributed by atoms with Gasteiger partial charge in [-0.25, -0.2) is 0 Å². The molecule has 0 bridgehead atoms. The lowest BCUT2D eigenvalue weighted by Gasteiger charge is -2.19. The minimum absolute atomic E-state index is 0.00890. The smallest absolute Gasteiger partial charge is 0.306 e. The van der Waals surface area contributed by atoms with Crippen molar-refractivity contribution in [2.75, 3.05) is 13.2 Å². The summed E-state index contributed by atoms with van der Waals surface area (Å²) in [6.45, 7) is 6.10. The predicted octanol–water partition coefficient (Wildman–Crippen LogP) is 2.76. The van der Waals surface area contributed by atoms with Crippen LogP contribution in [0.2, 0.25) is 0 Å². The fourth-order valence-electron chi connectivity index (χ4n) is 2.30. The number of unbranched alkanes of at least 4 members (excludes halogenated alkanes) is 3. The summed E-state index contributed by atoms with van der Waals surface area (Å²) in [4.78, 5) is 23.3. The highest BCUT2D eigenvalue weighted by atomic mass is 16.6. The van der Waals surface area contributed by atoms with Crippen molar-refractivity contribution in [2.45, 2.75) is 58.5 Å². The lowest BCUT2D eigenvalue weighted by Crippen LogP contribution is -2.29. The first-order chi connectivity index (χ1) is 12.7. The minimum atomic E-state index is -0.432. The quantitative estimate of drug-likeness (QED) is 0.237. The Morgan fingerprint density at radius 2 is 1.70 bits per heavy atom. The maximum absolute atomic E-state index is 11.8. The molecule has 4 N–H and O–H groups in total. The Hall–Kier alpha value is -2.57. The molecule has 150 valence electrons. The normalized spacial score (nSPS) is 10.9. The van der Waals surface area contributed by atoms with Crippen molar-refractivity contribution in [1.29, 1.82) is 5.41 Å². The third kappa shape index (κ3) is 10.9. The van der Waals surface area contributed by atoms with Crippen molar-refractivity contribution in [2.24, 2.45) is 5.73 Å². The van der Waals surface area contributed by atoms with Crippen molar-refractivity contribution in [3.8, 4) is 5.75 Å². The van der Waals surface area contributed by atoms with Crippen molar-refractivity contribution in [1.82, 2.24) is 5.32 Å². The molecule has 0 heterocycles. The number of ether oxygens (including phenoxy) is 2. The molecule has 1 rings (SSSR count). The number of amides is 1. The summed E-state index contributed by atoms with van der Waals surface area (Å²) in [5.41, 5.74) is 5.56. The van der Waals surface area contributed by atoms with Crippen LogP contribution in [0.5, 0.6) is 5.75 Å². The first-order valence-electron chi connectivity index (χ1n) is 9.23. The van der Waals surface area contributed by atoms with Crippen molar-refractivity contribution >= 4 is 17.7 Å². The number of nitrogens with two attached hydrogens (primary N) is 1. The van der Waals surface area contributed by atoms with Gasteiger partial charge < -0.3 is 20.5 Å². The molecule has 0 spiro atoms. The summed E-state index contributed by atoms with van der Waals surface area (Å²) in [5.74, 6) is 0.200. The number of nitrogens with one attached hydrogen (secondary N) is 2. The number of carbonyl (C=O) groups excluding carboxylic acids is 2. The average molecular weight is 377 g/mol. The topological polar surface area (TPSA) is 114 Å². The third-order valence-electron chi connectivity index (χ3n) is 3.59. The van der Waals surface area contributed by atoms with Gasteiger partial charge in [0.15, 0.2) is 6.61 Å². The Balaban J connectivity index is 2.05. The number of amidine groups is 1. The van der Waals surface area contributed by atoms with Gasteiger partial charge in [-0.15, -0.1) is 0 Å². The molecule has 0 aromatic heterocycles. The predicted molar refractivity (Wildman–Crippen MR) is 105 cm³/mol. The maximum atomic E-state index is 11.8. The minimum Gasteiger partial charge on any atom is -0.484 e. The van der Waals surface area contributed by atoms with Crippen LogP contribution in [0.25, 0.3) is 0 Å². The van der Waals surface area contributed by atoms with Gasteiger partial charge in [-0.1, -0.05) is 12.8 Å². The zero-order valence-electron chi connectivity index (χ0n) is 16.5. The Labute approximate surface area is 161 Å².